The molecule has 0 unspecified atom stereocenters. The average molecular weight is 240 g/mol. The van der Waals surface area contributed by atoms with Gasteiger partial charge in [-0.3, -0.25) is 0 Å². The lowest BCUT2D eigenvalue weighted by Crippen LogP contribution is -2.35. The maximum Gasteiger partial charge on any atom is 0.350 e. The molecule has 1 fully saturated rings. The van der Waals surface area contributed by atoms with Crippen LogP contribution in [-0.2, 0) is 4.74 Å². The number of anilines is 1. The van der Waals surface area contributed by atoms with Crippen LogP contribution in [0, 0.1) is 0 Å². The van der Waals surface area contributed by atoms with Gasteiger partial charge in [-0.05, 0) is 31.3 Å². The van der Waals surface area contributed by atoms with Crippen LogP contribution in [0.5, 0.6) is 0 Å². The predicted molar refractivity (Wildman–Crippen MR) is 64.7 cm³/mol. The molecule has 2 N–H and O–H groups in total. The summed E-state index contributed by atoms with van der Waals surface area (Å²) in [6.45, 7) is 1.97. The maximum absolute atomic E-state index is 11.8. The number of thiophene rings is 1. The average Bonchev–Trinajstić information content (AvgIpc) is 2.68. The van der Waals surface area contributed by atoms with Crippen LogP contribution in [-0.4, -0.2) is 37.1 Å². The maximum atomic E-state index is 11.8. The van der Waals surface area contributed by atoms with E-state index in [1.54, 1.807) is 11.4 Å². The summed E-state index contributed by atoms with van der Waals surface area (Å²) in [7, 11) is 2.08. The van der Waals surface area contributed by atoms with Crippen molar-refractivity contribution in [2.24, 2.45) is 0 Å². The molecule has 2 heterocycles. The SMILES string of the molecule is CN1CCC(OC(=O)c2sccc2N)CC1. The first-order valence-electron chi connectivity index (χ1n) is 5.39. The summed E-state index contributed by atoms with van der Waals surface area (Å²) < 4.78 is 5.43. The van der Waals surface area contributed by atoms with Gasteiger partial charge in [-0.15, -0.1) is 11.3 Å². The van der Waals surface area contributed by atoms with E-state index in [-0.39, 0.29) is 12.1 Å². The molecule has 88 valence electrons. The van der Waals surface area contributed by atoms with E-state index in [4.69, 9.17) is 10.5 Å². The van der Waals surface area contributed by atoms with Gasteiger partial charge in [-0.2, -0.15) is 0 Å². The summed E-state index contributed by atoms with van der Waals surface area (Å²) in [5.74, 6) is -0.276. The zero-order valence-electron chi connectivity index (χ0n) is 9.31. The molecule has 0 amide bonds. The van der Waals surface area contributed by atoms with Gasteiger partial charge in [-0.1, -0.05) is 0 Å². The first-order valence-corrected chi connectivity index (χ1v) is 6.27. The largest absolute Gasteiger partial charge is 0.458 e. The molecule has 1 aliphatic heterocycles. The van der Waals surface area contributed by atoms with Gasteiger partial charge in [0, 0.05) is 13.1 Å². The summed E-state index contributed by atoms with van der Waals surface area (Å²) >= 11 is 1.34. The van der Waals surface area contributed by atoms with Crippen LogP contribution in [0.2, 0.25) is 0 Å². The van der Waals surface area contributed by atoms with Crippen LogP contribution < -0.4 is 5.73 Å². The van der Waals surface area contributed by atoms with E-state index >= 15 is 0 Å². The van der Waals surface area contributed by atoms with Gasteiger partial charge < -0.3 is 15.4 Å². The molecule has 1 aliphatic rings. The molecular formula is C11H16N2O2S. The summed E-state index contributed by atoms with van der Waals surface area (Å²) in [6, 6.07) is 1.73. The molecule has 0 spiro atoms. The second-order valence-corrected chi connectivity index (χ2v) is 5.03. The van der Waals surface area contributed by atoms with Crippen molar-refractivity contribution in [2.45, 2.75) is 18.9 Å². The van der Waals surface area contributed by atoms with Crippen LogP contribution in [0.4, 0.5) is 5.69 Å². The Balaban J connectivity index is 1.91. The number of ether oxygens (including phenoxy) is 1. The van der Waals surface area contributed by atoms with Crippen molar-refractivity contribution in [3.63, 3.8) is 0 Å². The number of nitrogen functional groups attached to an aromatic ring is 1. The fourth-order valence-electron chi connectivity index (χ4n) is 1.79. The smallest absolute Gasteiger partial charge is 0.350 e. The molecule has 0 aromatic carbocycles. The molecule has 0 saturated carbocycles. The van der Waals surface area contributed by atoms with Crippen molar-refractivity contribution in [1.82, 2.24) is 4.90 Å². The Morgan fingerprint density at radius 1 is 1.56 bits per heavy atom. The highest BCUT2D eigenvalue weighted by molar-refractivity contribution is 7.12. The summed E-state index contributed by atoms with van der Waals surface area (Å²) in [4.78, 5) is 14.5. The first-order chi connectivity index (χ1) is 7.66. The van der Waals surface area contributed by atoms with Gasteiger partial charge in [-0.25, -0.2) is 4.79 Å². The zero-order chi connectivity index (χ0) is 11.5. The Labute approximate surface area is 99.0 Å². The lowest BCUT2D eigenvalue weighted by atomic mass is 10.1. The van der Waals surface area contributed by atoms with E-state index in [1.165, 1.54) is 11.3 Å². The quantitative estimate of drug-likeness (QED) is 0.797. The van der Waals surface area contributed by atoms with Gasteiger partial charge in [0.2, 0.25) is 0 Å². The number of carbonyl (C=O) groups excluding carboxylic acids is 1. The van der Waals surface area contributed by atoms with Gasteiger partial charge in [0.15, 0.2) is 0 Å². The van der Waals surface area contributed by atoms with Crippen molar-refractivity contribution in [3.05, 3.63) is 16.3 Å². The van der Waals surface area contributed by atoms with E-state index in [0.717, 1.165) is 25.9 Å². The Morgan fingerprint density at radius 3 is 2.81 bits per heavy atom. The second-order valence-electron chi connectivity index (χ2n) is 4.11. The Bertz CT molecular complexity index is 370. The number of carbonyl (C=O) groups is 1. The summed E-state index contributed by atoms with van der Waals surface area (Å²) in [6.07, 6.45) is 1.87. The van der Waals surface area contributed by atoms with Gasteiger partial charge >= 0.3 is 5.97 Å². The Kier molecular flexibility index (Phi) is 3.46. The molecule has 5 heteroatoms. The number of hydrogen-bond acceptors (Lipinski definition) is 5. The van der Waals surface area contributed by atoms with Crippen LogP contribution in [0.25, 0.3) is 0 Å². The molecular weight excluding hydrogens is 224 g/mol. The topological polar surface area (TPSA) is 55.6 Å². The molecule has 0 radical (unpaired) electrons. The third kappa shape index (κ3) is 2.54. The molecule has 1 aromatic heterocycles. The Morgan fingerprint density at radius 2 is 2.25 bits per heavy atom. The van der Waals surface area contributed by atoms with E-state index < -0.39 is 0 Å². The number of esters is 1. The number of nitrogens with zero attached hydrogens (tertiary/aromatic N) is 1. The highest BCUT2D eigenvalue weighted by atomic mass is 32.1. The monoisotopic (exact) mass is 240 g/mol. The van der Waals surface area contributed by atoms with Crippen molar-refractivity contribution >= 4 is 23.0 Å². The number of hydrogen-bond donors (Lipinski definition) is 1. The summed E-state index contributed by atoms with van der Waals surface area (Å²) in [5.41, 5.74) is 6.19. The van der Waals surface area contributed by atoms with E-state index in [9.17, 15) is 4.79 Å². The molecule has 4 nitrogen and oxygen atoms in total. The van der Waals surface area contributed by atoms with Crippen LogP contribution in [0.3, 0.4) is 0 Å². The van der Waals surface area contributed by atoms with Gasteiger partial charge in [0.1, 0.15) is 11.0 Å². The molecule has 1 aromatic rings. The van der Waals surface area contributed by atoms with Gasteiger partial charge in [0.05, 0.1) is 5.69 Å². The lowest BCUT2D eigenvalue weighted by molar-refractivity contribution is 0.0146. The van der Waals surface area contributed by atoms with E-state index in [2.05, 4.69) is 11.9 Å². The minimum absolute atomic E-state index is 0.0465. The van der Waals surface area contributed by atoms with E-state index in [1.807, 2.05) is 0 Å². The highest BCUT2D eigenvalue weighted by Gasteiger charge is 2.22. The molecule has 0 aliphatic carbocycles. The highest BCUT2D eigenvalue weighted by Crippen LogP contribution is 2.22. The third-order valence-electron chi connectivity index (χ3n) is 2.82. The van der Waals surface area contributed by atoms with Crippen LogP contribution in [0.1, 0.15) is 22.5 Å². The number of rotatable bonds is 2. The zero-order valence-corrected chi connectivity index (χ0v) is 10.1. The van der Waals surface area contributed by atoms with Crippen molar-refractivity contribution in [2.75, 3.05) is 25.9 Å². The molecule has 16 heavy (non-hydrogen) atoms. The van der Waals surface area contributed by atoms with Crippen LogP contribution in [0.15, 0.2) is 11.4 Å². The minimum Gasteiger partial charge on any atom is -0.458 e. The second kappa shape index (κ2) is 4.84. The molecule has 0 bridgehead atoms. The first kappa shape index (κ1) is 11.4. The van der Waals surface area contributed by atoms with Crippen LogP contribution >= 0.6 is 11.3 Å². The number of nitrogens with two attached hydrogens (primary N) is 1. The van der Waals surface area contributed by atoms with Crippen molar-refractivity contribution in [1.29, 1.82) is 0 Å². The van der Waals surface area contributed by atoms with Crippen molar-refractivity contribution < 1.29 is 9.53 Å². The molecule has 0 atom stereocenters. The van der Waals surface area contributed by atoms with Crippen molar-refractivity contribution in [3.8, 4) is 0 Å². The number of piperidine rings is 1. The third-order valence-corrected chi connectivity index (χ3v) is 3.73. The lowest BCUT2D eigenvalue weighted by Gasteiger charge is -2.28. The number of likely N-dealkylation sites (tertiary alicyclic amines) is 1. The predicted octanol–water partition coefficient (Wildman–Crippen LogP) is 1.58. The molecule has 1 saturated heterocycles. The van der Waals surface area contributed by atoms with E-state index in [0.29, 0.717) is 10.6 Å². The fourth-order valence-corrected chi connectivity index (χ4v) is 2.49. The minimum atomic E-state index is -0.276. The Hall–Kier alpha value is -1.07. The summed E-state index contributed by atoms with van der Waals surface area (Å²) in [5, 5.41) is 1.81. The molecule has 2 rings (SSSR count). The normalized spacial score (nSPS) is 18.6. The standard InChI is InChI=1S/C11H16N2O2S/c1-13-5-2-8(3-6-13)15-11(14)10-9(12)4-7-16-10/h4,7-8H,2-3,5-6,12H2,1H3. The fraction of sp³-hybridized carbons (Fsp3) is 0.545. The van der Waals surface area contributed by atoms with Gasteiger partial charge in [0.25, 0.3) is 0 Å².